The molecule has 1 aliphatic heterocycles. The molecule has 3 N–H and O–H groups in total. The SMILES string of the molecule is C[C@H](N[C@H]1C=C[C@H](c2ccccc2)CN(C)C1=O)C(N)=O. The molecule has 112 valence electrons. The van der Waals surface area contributed by atoms with Gasteiger partial charge in [-0.3, -0.25) is 14.9 Å². The van der Waals surface area contributed by atoms with Gasteiger partial charge in [-0.1, -0.05) is 42.5 Å². The van der Waals surface area contributed by atoms with Crippen molar-refractivity contribution in [1.82, 2.24) is 10.2 Å². The molecule has 1 heterocycles. The second kappa shape index (κ2) is 6.54. The Hall–Kier alpha value is -2.14. The number of amides is 2. The van der Waals surface area contributed by atoms with E-state index in [0.717, 1.165) is 5.56 Å². The molecule has 0 aromatic heterocycles. The predicted molar refractivity (Wildman–Crippen MR) is 81.5 cm³/mol. The molecule has 0 saturated heterocycles. The van der Waals surface area contributed by atoms with Crippen molar-refractivity contribution in [3.8, 4) is 0 Å². The van der Waals surface area contributed by atoms with E-state index in [1.807, 2.05) is 42.5 Å². The van der Waals surface area contributed by atoms with Crippen LogP contribution in [0.4, 0.5) is 0 Å². The molecular formula is C16H21N3O2. The minimum atomic E-state index is -0.551. The second-order valence-electron chi connectivity index (χ2n) is 5.39. The van der Waals surface area contributed by atoms with Crippen LogP contribution in [0.15, 0.2) is 42.5 Å². The van der Waals surface area contributed by atoms with E-state index in [0.29, 0.717) is 6.54 Å². The van der Waals surface area contributed by atoms with Crippen molar-refractivity contribution in [2.75, 3.05) is 13.6 Å². The van der Waals surface area contributed by atoms with E-state index < -0.39 is 18.0 Å². The number of nitrogens with one attached hydrogen (secondary N) is 1. The third-order valence-electron chi connectivity index (χ3n) is 3.73. The highest BCUT2D eigenvalue weighted by Gasteiger charge is 2.27. The lowest BCUT2D eigenvalue weighted by Gasteiger charge is -2.23. The average Bonchev–Trinajstić information content (AvgIpc) is 2.61. The fourth-order valence-corrected chi connectivity index (χ4v) is 2.41. The molecule has 1 aromatic carbocycles. The zero-order chi connectivity index (χ0) is 15.4. The van der Waals surface area contributed by atoms with Gasteiger partial charge in [0.15, 0.2) is 0 Å². The Morgan fingerprint density at radius 1 is 1.33 bits per heavy atom. The quantitative estimate of drug-likeness (QED) is 0.798. The average molecular weight is 287 g/mol. The first-order valence-electron chi connectivity index (χ1n) is 7.02. The molecule has 2 amide bonds. The van der Waals surface area contributed by atoms with Crippen LogP contribution in [0.5, 0.6) is 0 Å². The van der Waals surface area contributed by atoms with Gasteiger partial charge in [-0.05, 0) is 12.5 Å². The minimum absolute atomic E-state index is 0.0576. The number of hydrogen-bond acceptors (Lipinski definition) is 3. The first-order valence-corrected chi connectivity index (χ1v) is 7.02. The summed E-state index contributed by atoms with van der Waals surface area (Å²) in [6, 6.07) is 8.97. The van der Waals surface area contributed by atoms with Crippen LogP contribution in [0.2, 0.25) is 0 Å². The van der Waals surface area contributed by atoms with Crippen LogP contribution >= 0.6 is 0 Å². The molecule has 3 atom stereocenters. The van der Waals surface area contributed by atoms with Gasteiger partial charge in [0.05, 0.1) is 6.04 Å². The number of carbonyl (C=O) groups excluding carboxylic acids is 2. The molecule has 1 aromatic rings. The highest BCUT2D eigenvalue weighted by Crippen LogP contribution is 2.21. The number of nitrogens with two attached hydrogens (primary N) is 1. The smallest absolute Gasteiger partial charge is 0.243 e. The molecule has 0 radical (unpaired) electrons. The summed E-state index contributed by atoms with van der Waals surface area (Å²) in [5.41, 5.74) is 6.40. The molecule has 0 fully saturated rings. The van der Waals surface area contributed by atoms with Gasteiger partial charge >= 0.3 is 0 Å². The number of carbonyl (C=O) groups is 2. The van der Waals surface area contributed by atoms with Crippen LogP contribution in [0, 0.1) is 0 Å². The lowest BCUT2D eigenvalue weighted by atomic mass is 9.98. The molecular weight excluding hydrogens is 266 g/mol. The van der Waals surface area contributed by atoms with Gasteiger partial charge < -0.3 is 10.6 Å². The Bertz CT molecular complexity index is 542. The van der Waals surface area contributed by atoms with Crippen molar-refractivity contribution in [1.29, 1.82) is 0 Å². The molecule has 0 unspecified atom stereocenters. The molecule has 0 bridgehead atoms. The summed E-state index contributed by atoms with van der Waals surface area (Å²) in [6.07, 6.45) is 3.84. The maximum Gasteiger partial charge on any atom is 0.243 e. The first-order chi connectivity index (χ1) is 9.99. The zero-order valence-electron chi connectivity index (χ0n) is 12.3. The number of hydrogen-bond donors (Lipinski definition) is 2. The topological polar surface area (TPSA) is 75.4 Å². The fourth-order valence-electron chi connectivity index (χ4n) is 2.41. The predicted octanol–water partition coefficient (Wildman–Crippen LogP) is 0.630. The summed E-state index contributed by atoms with van der Waals surface area (Å²) in [4.78, 5) is 25.2. The van der Waals surface area contributed by atoms with E-state index in [1.165, 1.54) is 0 Å². The van der Waals surface area contributed by atoms with Crippen LogP contribution < -0.4 is 11.1 Å². The second-order valence-corrected chi connectivity index (χ2v) is 5.39. The summed E-state index contributed by atoms with van der Waals surface area (Å²) < 4.78 is 0. The van der Waals surface area contributed by atoms with Gasteiger partial charge in [0, 0.05) is 19.5 Å². The summed E-state index contributed by atoms with van der Waals surface area (Å²) in [5, 5.41) is 2.96. The Kier molecular flexibility index (Phi) is 4.75. The lowest BCUT2D eigenvalue weighted by Crippen LogP contribution is -2.50. The molecule has 5 heteroatoms. The molecule has 2 rings (SSSR count). The number of rotatable bonds is 4. The summed E-state index contributed by atoms with van der Waals surface area (Å²) >= 11 is 0. The van der Waals surface area contributed by atoms with Crippen LogP contribution in [0.3, 0.4) is 0 Å². The number of likely N-dealkylation sites (N-methyl/N-ethyl adjacent to an activating group) is 1. The summed E-state index contributed by atoms with van der Waals surface area (Å²) in [6.45, 7) is 2.27. The van der Waals surface area contributed by atoms with Gasteiger partial charge in [-0.25, -0.2) is 0 Å². The number of benzene rings is 1. The molecule has 1 aliphatic rings. The van der Waals surface area contributed by atoms with Crippen molar-refractivity contribution in [2.24, 2.45) is 5.73 Å². The van der Waals surface area contributed by atoms with Crippen molar-refractivity contribution in [3.63, 3.8) is 0 Å². The van der Waals surface area contributed by atoms with E-state index in [2.05, 4.69) is 5.32 Å². The third-order valence-corrected chi connectivity index (χ3v) is 3.73. The van der Waals surface area contributed by atoms with Crippen molar-refractivity contribution >= 4 is 11.8 Å². The first kappa shape index (κ1) is 15.3. The van der Waals surface area contributed by atoms with Crippen molar-refractivity contribution in [3.05, 3.63) is 48.0 Å². The molecule has 0 saturated carbocycles. The van der Waals surface area contributed by atoms with E-state index >= 15 is 0 Å². The van der Waals surface area contributed by atoms with E-state index in [1.54, 1.807) is 18.9 Å². The van der Waals surface area contributed by atoms with E-state index in [9.17, 15) is 9.59 Å². The maximum absolute atomic E-state index is 12.3. The standard InChI is InChI=1S/C16H21N3O2/c1-11(15(17)20)18-14-9-8-13(10-19(2)16(14)21)12-6-4-3-5-7-12/h3-9,11,13-14,18H,10H2,1-2H3,(H2,17,20)/t11-,13-,14-/m0/s1. The minimum Gasteiger partial charge on any atom is -0.368 e. The Morgan fingerprint density at radius 3 is 2.62 bits per heavy atom. The van der Waals surface area contributed by atoms with Gasteiger partial charge in [0.2, 0.25) is 11.8 Å². The third kappa shape index (κ3) is 3.70. The lowest BCUT2D eigenvalue weighted by molar-refractivity contribution is -0.131. The summed E-state index contributed by atoms with van der Waals surface area (Å²) in [7, 11) is 1.77. The fraction of sp³-hybridized carbons (Fsp3) is 0.375. The van der Waals surface area contributed by atoms with Gasteiger partial charge in [0.25, 0.3) is 0 Å². The number of primary amides is 1. The highest BCUT2D eigenvalue weighted by molar-refractivity contribution is 5.86. The molecule has 0 spiro atoms. The van der Waals surface area contributed by atoms with Crippen LogP contribution in [-0.4, -0.2) is 42.4 Å². The Balaban J connectivity index is 2.18. The van der Waals surface area contributed by atoms with Crippen molar-refractivity contribution in [2.45, 2.75) is 24.9 Å². The van der Waals surface area contributed by atoms with Crippen LogP contribution in [0.25, 0.3) is 0 Å². The molecule has 0 aliphatic carbocycles. The normalized spacial score (nSPS) is 23.7. The Morgan fingerprint density at radius 2 is 2.00 bits per heavy atom. The van der Waals surface area contributed by atoms with Crippen molar-refractivity contribution < 1.29 is 9.59 Å². The maximum atomic E-state index is 12.3. The van der Waals surface area contributed by atoms with Crippen LogP contribution in [-0.2, 0) is 9.59 Å². The largest absolute Gasteiger partial charge is 0.368 e. The molecule has 21 heavy (non-hydrogen) atoms. The highest BCUT2D eigenvalue weighted by atomic mass is 16.2. The van der Waals surface area contributed by atoms with Gasteiger partial charge in [-0.2, -0.15) is 0 Å². The van der Waals surface area contributed by atoms with E-state index in [-0.39, 0.29) is 11.8 Å². The van der Waals surface area contributed by atoms with Gasteiger partial charge in [0.1, 0.15) is 6.04 Å². The Labute approximate surface area is 124 Å². The molecule has 5 nitrogen and oxygen atoms in total. The van der Waals surface area contributed by atoms with Gasteiger partial charge in [-0.15, -0.1) is 0 Å². The zero-order valence-corrected chi connectivity index (χ0v) is 12.3. The monoisotopic (exact) mass is 287 g/mol. The van der Waals surface area contributed by atoms with Crippen LogP contribution in [0.1, 0.15) is 18.4 Å². The summed E-state index contributed by atoms with van der Waals surface area (Å²) in [5.74, 6) is -0.378. The van der Waals surface area contributed by atoms with E-state index in [4.69, 9.17) is 5.73 Å². The number of nitrogens with zero attached hydrogens (tertiary/aromatic N) is 1.